The zero-order valence-electron chi connectivity index (χ0n) is 19.8. The van der Waals surface area contributed by atoms with E-state index in [1.165, 1.54) is 17.0 Å². The van der Waals surface area contributed by atoms with Crippen LogP contribution in [0.3, 0.4) is 0 Å². The number of alkyl halides is 3. The molecule has 1 saturated heterocycles. The second-order valence-corrected chi connectivity index (χ2v) is 10.1. The number of hydrogen-bond donors (Lipinski definition) is 3. The predicted octanol–water partition coefficient (Wildman–Crippen LogP) is 2.98. The number of carboxylic acid groups (broad SMARTS) is 1. The Morgan fingerprint density at radius 3 is 2.63 bits per heavy atom. The molecule has 0 spiro atoms. The Balaban J connectivity index is 1.81. The van der Waals surface area contributed by atoms with Crippen molar-refractivity contribution >= 4 is 39.5 Å². The molecule has 2 aromatic rings. The van der Waals surface area contributed by atoms with Gasteiger partial charge in [-0.2, -0.15) is 13.2 Å². The first-order chi connectivity index (χ1) is 17.7. The molecule has 2 heterocycles. The SMILES string of the molecule is C#Cc1cc(CNC(=O)C=Cc2ccc(C(F)(F)F)nc2N2CCCC2C(=O)O)cc(F)c1NS(C)(=O)=O. The highest BCUT2D eigenvalue weighted by Crippen LogP contribution is 2.34. The molecule has 9 nitrogen and oxygen atoms in total. The van der Waals surface area contributed by atoms with Gasteiger partial charge in [0.05, 0.1) is 17.5 Å². The topological polar surface area (TPSA) is 129 Å². The molecule has 14 heteroatoms. The van der Waals surface area contributed by atoms with E-state index < -0.39 is 51.3 Å². The van der Waals surface area contributed by atoms with E-state index in [1.807, 2.05) is 4.72 Å². The summed E-state index contributed by atoms with van der Waals surface area (Å²) >= 11 is 0. The number of amides is 1. The van der Waals surface area contributed by atoms with Crippen molar-refractivity contribution in [2.24, 2.45) is 0 Å². The number of aromatic nitrogens is 1. The summed E-state index contributed by atoms with van der Waals surface area (Å²) in [5.41, 5.74) is -1.39. The minimum Gasteiger partial charge on any atom is -0.480 e. The number of aliphatic carboxylic acids is 1. The summed E-state index contributed by atoms with van der Waals surface area (Å²) in [5, 5.41) is 11.9. The fraction of sp³-hybridized carbons (Fsp3) is 0.292. The molecule has 1 aliphatic heterocycles. The predicted molar refractivity (Wildman–Crippen MR) is 131 cm³/mol. The summed E-state index contributed by atoms with van der Waals surface area (Å²) in [7, 11) is -3.80. The average molecular weight is 555 g/mol. The lowest BCUT2D eigenvalue weighted by Crippen LogP contribution is -2.37. The van der Waals surface area contributed by atoms with Crippen LogP contribution in [0.15, 0.2) is 30.3 Å². The van der Waals surface area contributed by atoms with Crippen LogP contribution in [0.2, 0.25) is 0 Å². The Morgan fingerprint density at radius 1 is 1.32 bits per heavy atom. The van der Waals surface area contributed by atoms with Crippen LogP contribution < -0.4 is 14.9 Å². The standard InChI is InChI=1S/C24H22F4N4O5S/c1-3-15-11-14(12-17(25)21(15)31-38(2,36)37)13-29-20(33)9-7-16-6-8-19(24(26,27)28)30-22(16)32-10-4-5-18(32)23(34)35/h1,6-9,11-12,18,31H,4-5,10,13H2,2H3,(H,29,33)(H,34,35). The maximum atomic E-state index is 14.4. The number of anilines is 2. The monoisotopic (exact) mass is 554 g/mol. The summed E-state index contributed by atoms with van der Waals surface area (Å²) in [6, 6.07) is 3.04. The number of rotatable bonds is 8. The van der Waals surface area contributed by atoms with Gasteiger partial charge in [-0.1, -0.05) is 5.92 Å². The maximum absolute atomic E-state index is 14.4. The van der Waals surface area contributed by atoms with E-state index in [1.54, 1.807) is 0 Å². The number of carbonyl (C=O) groups excluding carboxylic acids is 1. The number of nitrogens with one attached hydrogen (secondary N) is 2. The summed E-state index contributed by atoms with van der Waals surface area (Å²) < 4.78 is 79.1. The zero-order chi connectivity index (χ0) is 28.3. The molecule has 1 amide bonds. The van der Waals surface area contributed by atoms with E-state index in [2.05, 4.69) is 16.2 Å². The van der Waals surface area contributed by atoms with Gasteiger partial charge in [0.2, 0.25) is 15.9 Å². The van der Waals surface area contributed by atoms with Gasteiger partial charge in [-0.05, 0) is 48.7 Å². The first kappa shape index (κ1) is 28.5. The number of halogens is 4. The van der Waals surface area contributed by atoms with E-state index >= 15 is 0 Å². The Morgan fingerprint density at radius 2 is 2.03 bits per heavy atom. The number of pyridine rings is 1. The molecule has 1 aromatic heterocycles. The fourth-order valence-electron chi connectivity index (χ4n) is 3.84. The largest absolute Gasteiger partial charge is 0.480 e. The molecule has 1 fully saturated rings. The first-order valence-electron chi connectivity index (χ1n) is 11.0. The van der Waals surface area contributed by atoms with E-state index in [9.17, 15) is 40.7 Å². The lowest BCUT2D eigenvalue weighted by atomic mass is 10.1. The van der Waals surface area contributed by atoms with Gasteiger partial charge in [0.15, 0.2) is 0 Å². The molecular weight excluding hydrogens is 532 g/mol. The normalized spacial score (nSPS) is 15.9. The van der Waals surface area contributed by atoms with E-state index in [4.69, 9.17) is 6.42 Å². The number of benzene rings is 1. The number of nitrogens with zero attached hydrogens (tertiary/aromatic N) is 2. The van der Waals surface area contributed by atoms with Gasteiger partial charge < -0.3 is 15.3 Å². The Bertz CT molecular complexity index is 1430. The minimum absolute atomic E-state index is 0.0886. The van der Waals surface area contributed by atoms with Crippen LogP contribution in [0.4, 0.5) is 29.1 Å². The second-order valence-electron chi connectivity index (χ2n) is 8.37. The van der Waals surface area contributed by atoms with Crippen LogP contribution in [-0.2, 0) is 32.3 Å². The number of terminal acetylenes is 1. The number of carboxylic acids is 1. The van der Waals surface area contributed by atoms with Gasteiger partial charge in [-0.3, -0.25) is 9.52 Å². The third kappa shape index (κ3) is 7.00. The minimum atomic E-state index is -4.76. The highest BCUT2D eigenvalue weighted by molar-refractivity contribution is 7.92. The highest BCUT2D eigenvalue weighted by Gasteiger charge is 2.36. The quantitative estimate of drug-likeness (QED) is 0.260. The molecule has 1 atom stereocenters. The number of carbonyl (C=O) groups is 2. The maximum Gasteiger partial charge on any atom is 0.433 e. The highest BCUT2D eigenvalue weighted by atomic mass is 32.2. The van der Waals surface area contributed by atoms with Gasteiger partial charge in [-0.15, -0.1) is 6.42 Å². The van der Waals surface area contributed by atoms with Gasteiger partial charge in [0, 0.05) is 24.7 Å². The van der Waals surface area contributed by atoms with Gasteiger partial charge in [0.1, 0.15) is 23.4 Å². The van der Waals surface area contributed by atoms with Crippen LogP contribution in [0.1, 0.15) is 35.2 Å². The third-order valence-electron chi connectivity index (χ3n) is 5.48. The summed E-state index contributed by atoms with van der Waals surface area (Å²) in [6.45, 7) is -0.0369. The molecule has 3 rings (SSSR count). The van der Waals surface area contributed by atoms with Crippen molar-refractivity contribution in [2.75, 3.05) is 22.4 Å². The molecule has 1 aromatic carbocycles. The van der Waals surface area contributed by atoms with Crippen LogP contribution in [0, 0.1) is 18.2 Å². The van der Waals surface area contributed by atoms with E-state index in [-0.39, 0.29) is 42.0 Å². The molecule has 0 bridgehead atoms. The fourth-order valence-corrected chi connectivity index (χ4v) is 4.41. The molecule has 0 radical (unpaired) electrons. The van der Waals surface area contributed by atoms with Gasteiger partial charge >= 0.3 is 12.1 Å². The van der Waals surface area contributed by atoms with Gasteiger partial charge in [0.25, 0.3) is 0 Å². The van der Waals surface area contributed by atoms with Crippen molar-refractivity contribution < 1.29 is 40.7 Å². The zero-order valence-corrected chi connectivity index (χ0v) is 20.7. The first-order valence-corrected chi connectivity index (χ1v) is 12.9. The Kier molecular flexibility index (Phi) is 8.31. The average Bonchev–Trinajstić information content (AvgIpc) is 3.31. The smallest absolute Gasteiger partial charge is 0.433 e. The lowest BCUT2D eigenvalue weighted by Gasteiger charge is -2.25. The molecule has 0 saturated carbocycles. The summed E-state index contributed by atoms with van der Waals surface area (Å²) in [5.74, 6) is -0.911. The molecule has 0 aliphatic carbocycles. The van der Waals surface area contributed by atoms with Crippen molar-refractivity contribution in [3.8, 4) is 12.3 Å². The summed E-state index contributed by atoms with van der Waals surface area (Å²) in [6.07, 6.45) is 4.28. The molecule has 202 valence electrons. The number of sulfonamides is 1. The van der Waals surface area contributed by atoms with Crippen LogP contribution in [0.25, 0.3) is 6.08 Å². The molecule has 3 N–H and O–H groups in total. The van der Waals surface area contributed by atoms with Crippen LogP contribution in [-0.4, -0.2) is 49.2 Å². The van der Waals surface area contributed by atoms with Crippen LogP contribution >= 0.6 is 0 Å². The van der Waals surface area contributed by atoms with E-state index in [0.717, 1.165) is 30.5 Å². The lowest BCUT2D eigenvalue weighted by molar-refractivity contribution is -0.141. The van der Waals surface area contributed by atoms with Crippen molar-refractivity contribution in [2.45, 2.75) is 31.6 Å². The Hall–Kier alpha value is -4.12. The van der Waals surface area contributed by atoms with Crippen molar-refractivity contribution in [3.05, 3.63) is 58.5 Å². The molecule has 1 unspecified atom stereocenters. The molecular formula is C24H22F4N4O5S. The Labute approximate surface area is 215 Å². The van der Waals surface area contributed by atoms with Crippen molar-refractivity contribution in [1.29, 1.82) is 0 Å². The third-order valence-corrected chi connectivity index (χ3v) is 6.05. The van der Waals surface area contributed by atoms with E-state index in [0.29, 0.717) is 6.42 Å². The molecule has 1 aliphatic rings. The number of hydrogen-bond acceptors (Lipinski definition) is 6. The van der Waals surface area contributed by atoms with Crippen LogP contribution in [0.5, 0.6) is 0 Å². The second kappa shape index (κ2) is 11.1. The van der Waals surface area contributed by atoms with Gasteiger partial charge in [-0.25, -0.2) is 22.6 Å². The molecule has 38 heavy (non-hydrogen) atoms. The summed E-state index contributed by atoms with van der Waals surface area (Å²) in [4.78, 5) is 28.9. The van der Waals surface area contributed by atoms with Crippen molar-refractivity contribution in [3.63, 3.8) is 0 Å². The van der Waals surface area contributed by atoms with Crippen molar-refractivity contribution in [1.82, 2.24) is 10.3 Å².